The van der Waals surface area contributed by atoms with Gasteiger partial charge in [0.1, 0.15) is 12.2 Å². The van der Waals surface area contributed by atoms with E-state index in [-0.39, 0.29) is 5.69 Å². The topological polar surface area (TPSA) is 86.2 Å². The van der Waals surface area contributed by atoms with Gasteiger partial charge in [-0.05, 0) is 6.07 Å². The van der Waals surface area contributed by atoms with Gasteiger partial charge in [-0.2, -0.15) is 0 Å². The maximum atomic E-state index is 11.2. The third kappa shape index (κ3) is 2.36. The monoisotopic (exact) mass is 319 g/mol. The fourth-order valence-corrected chi connectivity index (χ4v) is 2.86. The Morgan fingerprint density at radius 1 is 1.12 bits per heavy atom. The van der Waals surface area contributed by atoms with Gasteiger partial charge < -0.3 is 0 Å². The second kappa shape index (κ2) is 5.69. The molecule has 2 aromatic carbocycles. The Morgan fingerprint density at radius 3 is 2.75 bits per heavy atom. The van der Waals surface area contributed by atoms with Crippen LogP contribution in [-0.4, -0.2) is 31.9 Å². The highest BCUT2D eigenvalue weighted by Crippen LogP contribution is 2.26. The van der Waals surface area contributed by atoms with Gasteiger partial charge in [-0.3, -0.25) is 19.7 Å². The van der Waals surface area contributed by atoms with Crippen LogP contribution in [0.2, 0.25) is 0 Å². The summed E-state index contributed by atoms with van der Waals surface area (Å²) in [6, 6.07) is 14.5. The molecule has 1 aliphatic rings. The van der Waals surface area contributed by atoms with Crippen molar-refractivity contribution in [2.75, 3.05) is 6.54 Å². The summed E-state index contributed by atoms with van der Waals surface area (Å²) in [5, 5.41) is 19.3. The molecular weight excluding hydrogens is 306 g/mol. The number of aliphatic imine (C=N–C) groups is 1. The molecule has 0 radical (unpaired) electrons. The molecule has 0 fully saturated rings. The number of nitrogens with zero attached hydrogens (tertiary/aromatic N) is 5. The van der Waals surface area contributed by atoms with Crippen LogP contribution in [0.25, 0.3) is 5.69 Å². The molecule has 0 unspecified atom stereocenters. The minimum Gasteiger partial charge on any atom is -0.285 e. The number of hydrogen-bond acceptors (Lipinski definition) is 5. The maximum Gasteiger partial charge on any atom is 0.270 e. The standard InChI is InChI=1S/C17H13N5O2/c23-22(24)13-6-7-15-14(10-13)17(12-4-2-1-3-5-12)18-9-8-16-20-19-11-21(15)16/h1-7,10-11H,8-9H2. The lowest BCUT2D eigenvalue weighted by Gasteiger charge is -2.17. The van der Waals surface area contributed by atoms with E-state index in [1.54, 1.807) is 18.5 Å². The van der Waals surface area contributed by atoms with Crippen molar-refractivity contribution in [3.8, 4) is 5.69 Å². The highest BCUT2D eigenvalue weighted by atomic mass is 16.6. The second-order valence-corrected chi connectivity index (χ2v) is 5.42. The number of benzene rings is 2. The molecule has 24 heavy (non-hydrogen) atoms. The van der Waals surface area contributed by atoms with Gasteiger partial charge >= 0.3 is 0 Å². The molecule has 7 nitrogen and oxygen atoms in total. The lowest BCUT2D eigenvalue weighted by Crippen LogP contribution is -2.15. The van der Waals surface area contributed by atoms with Crippen molar-refractivity contribution in [1.29, 1.82) is 0 Å². The molecule has 0 aliphatic carbocycles. The highest BCUT2D eigenvalue weighted by molar-refractivity contribution is 6.15. The van der Waals surface area contributed by atoms with E-state index in [2.05, 4.69) is 15.2 Å². The molecular formula is C17H13N5O2. The Balaban J connectivity index is 1.99. The van der Waals surface area contributed by atoms with E-state index >= 15 is 0 Å². The third-order valence-electron chi connectivity index (χ3n) is 3.98. The summed E-state index contributed by atoms with van der Waals surface area (Å²) in [6.45, 7) is 0.547. The lowest BCUT2D eigenvalue weighted by atomic mass is 9.99. The summed E-state index contributed by atoms with van der Waals surface area (Å²) in [7, 11) is 0. The van der Waals surface area contributed by atoms with Gasteiger partial charge in [-0.1, -0.05) is 30.3 Å². The zero-order chi connectivity index (χ0) is 16.5. The number of non-ortho nitro benzene ring substituents is 1. The van der Waals surface area contributed by atoms with Crippen LogP contribution in [0.1, 0.15) is 17.0 Å². The molecule has 0 N–H and O–H groups in total. The van der Waals surface area contributed by atoms with Crippen molar-refractivity contribution in [2.45, 2.75) is 6.42 Å². The van der Waals surface area contributed by atoms with Crippen molar-refractivity contribution >= 4 is 11.4 Å². The number of fused-ring (bicyclic) bond motifs is 3. The van der Waals surface area contributed by atoms with Gasteiger partial charge in [0, 0.05) is 36.2 Å². The lowest BCUT2D eigenvalue weighted by molar-refractivity contribution is -0.384. The smallest absolute Gasteiger partial charge is 0.270 e. The number of nitro benzene ring substituents is 1. The van der Waals surface area contributed by atoms with Gasteiger partial charge in [0.2, 0.25) is 0 Å². The Morgan fingerprint density at radius 2 is 1.96 bits per heavy atom. The van der Waals surface area contributed by atoms with Gasteiger partial charge in [0.25, 0.3) is 5.69 Å². The molecule has 0 saturated carbocycles. The van der Waals surface area contributed by atoms with E-state index in [1.807, 2.05) is 34.9 Å². The highest BCUT2D eigenvalue weighted by Gasteiger charge is 2.21. The van der Waals surface area contributed by atoms with Gasteiger partial charge in [-0.15, -0.1) is 10.2 Å². The first-order valence-corrected chi connectivity index (χ1v) is 7.52. The van der Waals surface area contributed by atoms with E-state index in [1.165, 1.54) is 6.07 Å². The molecule has 2 heterocycles. The molecule has 118 valence electrons. The van der Waals surface area contributed by atoms with Crippen molar-refractivity contribution in [1.82, 2.24) is 14.8 Å². The van der Waals surface area contributed by atoms with Crippen LogP contribution in [-0.2, 0) is 6.42 Å². The molecule has 0 spiro atoms. The Hall–Kier alpha value is -3.35. The van der Waals surface area contributed by atoms with Crippen LogP contribution in [0.5, 0.6) is 0 Å². The van der Waals surface area contributed by atoms with Crippen molar-refractivity contribution in [2.24, 2.45) is 4.99 Å². The minimum absolute atomic E-state index is 0.0348. The van der Waals surface area contributed by atoms with Crippen molar-refractivity contribution in [3.05, 3.63) is 81.9 Å². The van der Waals surface area contributed by atoms with Crippen LogP contribution in [0.15, 0.2) is 59.9 Å². The molecule has 1 aliphatic heterocycles. The summed E-state index contributed by atoms with van der Waals surface area (Å²) in [5.74, 6) is 0.793. The Bertz CT molecular complexity index is 947. The Labute approximate surface area is 137 Å². The second-order valence-electron chi connectivity index (χ2n) is 5.42. The predicted octanol–water partition coefficient (Wildman–Crippen LogP) is 2.57. The van der Waals surface area contributed by atoms with E-state index < -0.39 is 4.92 Å². The number of aromatic nitrogens is 3. The first-order valence-electron chi connectivity index (χ1n) is 7.52. The quantitative estimate of drug-likeness (QED) is 0.536. The zero-order valence-corrected chi connectivity index (χ0v) is 12.7. The molecule has 0 atom stereocenters. The summed E-state index contributed by atoms with van der Waals surface area (Å²) >= 11 is 0. The van der Waals surface area contributed by atoms with Crippen LogP contribution in [0.3, 0.4) is 0 Å². The fourth-order valence-electron chi connectivity index (χ4n) is 2.86. The SMILES string of the molecule is O=[N+]([O-])c1ccc2c(c1)C(c1ccccc1)=NCCc1nncn1-2. The van der Waals surface area contributed by atoms with Crippen LogP contribution < -0.4 is 0 Å². The summed E-state index contributed by atoms with van der Waals surface area (Å²) < 4.78 is 1.87. The molecule has 4 rings (SSSR count). The summed E-state index contributed by atoms with van der Waals surface area (Å²) in [4.78, 5) is 15.5. The van der Waals surface area contributed by atoms with Gasteiger partial charge in [0.15, 0.2) is 0 Å². The molecule has 7 heteroatoms. The van der Waals surface area contributed by atoms with Crippen LogP contribution in [0.4, 0.5) is 5.69 Å². The number of rotatable bonds is 2. The van der Waals surface area contributed by atoms with E-state index in [4.69, 9.17) is 0 Å². The normalized spacial score (nSPS) is 13.2. The largest absolute Gasteiger partial charge is 0.285 e. The molecule has 0 saturated heterocycles. The maximum absolute atomic E-state index is 11.2. The summed E-state index contributed by atoms with van der Waals surface area (Å²) in [5.41, 5.74) is 3.20. The summed E-state index contributed by atoms with van der Waals surface area (Å²) in [6.07, 6.45) is 2.29. The third-order valence-corrected chi connectivity index (χ3v) is 3.98. The van der Waals surface area contributed by atoms with Crippen LogP contribution in [0, 0.1) is 10.1 Å². The Kier molecular flexibility index (Phi) is 3.38. The first-order chi connectivity index (χ1) is 11.7. The minimum atomic E-state index is -0.394. The molecule has 3 aromatic rings. The predicted molar refractivity (Wildman–Crippen MR) is 88.7 cm³/mol. The van der Waals surface area contributed by atoms with Gasteiger partial charge in [0.05, 0.1) is 16.3 Å². The van der Waals surface area contributed by atoms with E-state index in [0.29, 0.717) is 18.5 Å². The van der Waals surface area contributed by atoms with Crippen molar-refractivity contribution in [3.63, 3.8) is 0 Å². The van der Waals surface area contributed by atoms with Crippen molar-refractivity contribution < 1.29 is 4.92 Å². The number of nitro groups is 1. The van der Waals surface area contributed by atoms with E-state index in [0.717, 1.165) is 22.8 Å². The van der Waals surface area contributed by atoms with E-state index in [9.17, 15) is 10.1 Å². The average molecular weight is 319 g/mol. The number of hydrogen-bond donors (Lipinski definition) is 0. The van der Waals surface area contributed by atoms with Gasteiger partial charge in [-0.25, -0.2) is 0 Å². The molecule has 1 aromatic heterocycles. The fraction of sp³-hybridized carbons (Fsp3) is 0.118. The molecule has 0 amide bonds. The van der Waals surface area contributed by atoms with Crippen LogP contribution >= 0.6 is 0 Å². The average Bonchev–Trinajstić information content (AvgIpc) is 3.05. The zero-order valence-electron chi connectivity index (χ0n) is 12.7. The molecule has 0 bridgehead atoms. The first kappa shape index (κ1) is 14.3.